The van der Waals surface area contributed by atoms with Crippen molar-refractivity contribution in [3.05, 3.63) is 65.7 Å². The zero-order valence-corrected chi connectivity index (χ0v) is 16.1. The predicted octanol–water partition coefficient (Wildman–Crippen LogP) is 5.08. The molecule has 7 heteroatoms. The molecular weight excluding hydrogens is 381 g/mol. The SMILES string of the molecule is CC1C(C(F)(F)F)=NN(c2ccc(CCCc3ccccc3)cc2)C1CC(=O)O. The Morgan fingerprint density at radius 3 is 2.17 bits per heavy atom. The van der Waals surface area contributed by atoms with Crippen molar-refractivity contribution >= 4 is 17.4 Å². The van der Waals surface area contributed by atoms with Gasteiger partial charge in [0.1, 0.15) is 5.71 Å². The van der Waals surface area contributed by atoms with Gasteiger partial charge in [-0.05, 0) is 42.5 Å². The number of carboxylic acids is 1. The highest BCUT2D eigenvalue weighted by molar-refractivity contribution is 5.95. The Morgan fingerprint density at radius 1 is 1.03 bits per heavy atom. The Balaban J connectivity index is 1.70. The number of carbonyl (C=O) groups is 1. The number of aryl methyl sites for hydroxylation is 2. The summed E-state index contributed by atoms with van der Waals surface area (Å²) in [5, 5.41) is 14.1. The van der Waals surface area contributed by atoms with Crippen LogP contribution in [0.5, 0.6) is 0 Å². The molecule has 29 heavy (non-hydrogen) atoms. The summed E-state index contributed by atoms with van der Waals surface area (Å²) in [6.07, 6.45) is -2.24. The number of hydrogen-bond donors (Lipinski definition) is 1. The fourth-order valence-electron chi connectivity index (χ4n) is 3.64. The Morgan fingerprint density at radius 2 is 1.62 bits per heavy atom. The summed E-state index contributed by atoms with van der Waals surface area (Å²) in [5.41, 5.74) is 1.87. The zero-order chi connectivity index (χ0) is 21.0. The molecule has 2 aromatic carbocycles. The van der Waals surface area contributed by atoms with E-state index in [-0.39, 0.29) is 0 Å². The van der Waals surface area contributed by atoms with E-state index in [1.165, 1.54) is 17.5 Å². The third-order valence-electron chi connectivity index (χ3n) is 5.19. The van der Waals surface area contributed by atoms with E-state index in [1.807, 2.05) is 30.3 Å². The Kier molecular flexibility index (Phi) is 6.25. The lowest BCUT2D eigenvalue weighted by Gasteiger charge is -2.25. The third kappa shape index (κ3) is 5.16. The van der Waals surface area contributed by atoms with Crippen LogP contribution in [0.25, 0.3) is 0 Å². The Bertz CT molecular complexity index is 864. The monoisotopic (exact) mass is 404 g/mol. The van der Waals surface area contributed by atoms with Crippen LogP contribution < -0.4 is 5.01 Å². The first kappa shape index (κ1) is 20.9. The molecule has 1 aliphatic heterocycles. The van der Waals surface area contributed by atoms with Gasteiger partial charge in [0.15, 0.2) is 0 Å². The van der Waals surface area contributed by atoms with Gasteiger partial charge in [0.2, 0.25) is 0 Å². The molecule has 2 unspecified atom stereocenters. The van der Waals surface area contributed by atoms with Crippen LogP contribution in [-0.4, -0.2) is 29.0 Å². The minimum Gasteiger partial charge on any atom is -0.481 e. The van der Waals surface area contributed by atoms with Gasteiger partial charge in [0, 0.05) is 5.92 Å². The van der Waals surface area contributed by atoms with Gasteiger partial charge < -0.3 is 5.11 Å². The van der Waals surface area contributed by atoms with E-state index in [4.69, 9.17) is 5.11 Å². The number of benzene rings is 2. The fraction of sp³-hybridized carbons (Fsp3) is 0.364. The van der Waals surface area contributed by atoms with Gasteiger partial charge in [0.25, 0.3) is 0 Å². The maximum absolute atomic E-state index is 13.2. The molecule has 0 aliphatic carbocycles. The zero-order valence-electron chi connectivity index (χ0n) is 16.1. The van der Waals surface area contributed by atoms with Crippen LogP contribution in [0.4, 0.5) is 18.9 Å². The first-order valence-corrected chi connectivity index (χ1v) is 9.55. The molecule has 0 saturated carbocycles. The number of carboxylic acid groups (broad SMARTS) is 1. The summed E-state index contributed by atoms with van der Waals surface area (Å²) in [6.45, 7) is 1.37. The van der Waals surface area contributed by atoms with Crippen molar-refractivity contribution in [2.24, 2.45) is 11.0 Å². The van der Waals surface area contributed by atoms with Crippen LogP contribution in [0.3, 0.4) is 0 Å². The van der Waals surface area contributed by atoms with E-state index in [1.54, 1.807) is 12.1 Å². The first-order valence-electron chi connectivity index (χ1n) is 9.55. The minimum atomic E-state index is -4.58. The van der Waals surface area contributed by atoms with Gasteiger partial charge in [-0.25, -0.2) is 0 Å². The maximum Gasteiger partial charge on any atom is 0.431 e. The van der Waals surface area contributed by atoms with Crippen molar-refractivity contribution in [2.75, 3.05) is 5.01 Å². The lowest BCUT2D eigenvalue weighted by molar-refractivity contribution is -0.137. The van der Waals surface area contributed by atoms with Gasteiger partial charge in [-0.1, -0.05) is 49.4 Å². The number of aliphatic carboxylic acids is 1. The summed E-state index contributed by atoms with van der Waals surface area (Å²) >= 11 is 0. The third-order valence-corrected chi connectivity index (χ3v) is 5.19. The molecular formula is C22H23F3N2O2. The molecule has 1 heterocycles. The molecule has 2 aromatic rings. The number of rotatable bonds is 7. The summed E-state index contributed by atoms with van der Waals surface area (Å²) in [6, 6.07) is 16.4. The highest BCUT2D eigenvalue weighted by Crippen LogP contribution is 2.36. The molecule has 3 rings (SSSR count). The fourth-order valence-corrected chi connectivity index (χ4v) is 3.64. The highest BCUT2D eigenvalue weighted by atomic mass is 19.4. The van der Waals surface area contributed by atoms with E-state index in [2.05, 4.69) is 17.2 Å². The van der Waals surface area contributed by atoms with Gasteiger partial charge in [-0.2, -0.15) is 18.3 Å². The van der Waals surface area contributed by atoms with E-state index in [9.17, 15) is 18.0 Å². The molecule has 0 aromatic heterocycles. The van der Waals surface area contributed by atoms with Crippen molar-refractivity contribution in [2.45, 2.75) is 44.8 Å². The second-order valence-electron chi connectivity index (χ2n) is 7.29. The normalized spacial score (nSPS) is 19.3. The van der Waals surface area contributed by atoms with Crippen molar-refractivity contribution in [1.82, 2.24) is 0 Å². The van der Waals surface area contributed by atoms with Gasteiger partial charge >= 0.3 is 12.1 Å². The second-order valence-corrected chi connectivity index (χ2v) is 7.29. The Hall–Kier alpha value is -2.83. The average Bonchev–Trinajstić information content (AvgIpc) is 2.99. The van der Waals surface area contributed by atoms with Crippen molar-refractivity contribution < 1.29 is 23.1 Å². The molecule has 1 aliphatic rings. The number of anilines is 1. The molecule has 0 saturated heterocycles. The lowest BCUT2D eigenvalue weighted by Crippen LogP contribution is -2.36. The van der Waals surface area contributed by atoms with E-state index < -0.39 is 36.2 Å². The molecule has 0 amide bonds. The van der Waals surface area contributed by atoms with Gasteiger partial charge in [0.05, 0.1) is 18.2 Å². The predicted molar refractivity (Wildman–Crippen MR) is 106 cm³/mol. The Labute approximate surface area is 167 Å². The molecule has 1 N–H and O–H groups in total. The average molecular weight is 404 g/mol. The van der Waals surface area contributed by atoms with Crippen LogP contribution in [0, 0.1) is 5.92 Å². The van der Waals surface area contributed by atoms with E-state index in [0.717, 1.165) is 24.8 Å². The molecule has 0 radical (unpaired) electrons. The number of nitrogens with zero attached hydrogens (tertiary/aromatic N) is 2. The van der Waals surface area contributed by atoms with Crippen LogP contribution in [-0.2, 0) is 17.6 Å². The van der Waals surface area contributed by atoms with Crippen LogP contribution in [0.1, 0.15) is 30.9 Å². The molecule has 0 fully saturated rings. The number of alkyl halides is 3. The van der Waals surface area contributed by atoms with E-state index in [0.29, 0.717) is 5.69 Å². The van der Waals surface area contributed by atoms with Crippen molar-refractivity contribution in [3.8, 4) is 0 Å². The molecule has 2 atom stereocenters. The molecule has 0 bridgehead atoms. The summed E-state index contributed by atoms with van der Waals surface area (Å²) in [5.74, 6) is -2.17. The largest absolute Gasteiger partial charge is 0.481 e. The maximum atomic E-state index is 13.2. The van der Waals surface area contributed by atoms with Crippen molar-refractivity contribution in [3.63, 3.8) is 0 Å². The summed E-state index contributed by atoms with van der Waals surface area (Å²) in [4.78, 5) is 11.2. The number of hydrazone groups is 1. The highest BCUT2D eigenvalue weighted by Gasteiger charge is 2.48. The van der Waals surface area contributed by atoms with Crippen LogP contribution in [0.2, 0.25) is 0 Å². The lowest BCUT2D eigenvalue weighted by atomic mass is 9.94. The molecule has 154 valence electrons. The van der Waals surface area contributed by atoms with Crippen LogP contribution in [0.15, 0.2) is 59.7 Å². The number of hydrogen-bond acceptors (Lipinski definition) is 3. The quantitative estimate of drug-likeness (QED) is 0.700. The van der Waals surface area contributed by atoms with Crippen molar-refractivity contribution in [1.29, 1.82) is 0 Å². The van der Waals surface area contributed by atoms with Crippen LogP contribution >= 0.6 is 0 Å². The molecule has 4 nitrogen and oxygen atoms in total. The second kappa shape index (κ2) is 8.68. The number of halogens is 3. The van der Waals surface area contributed by atoms with Gasteiger partial charge in [-0.3, -0.25) is 9.80 Å². The minimum absolute atomic E-state index is 0.414. The summed E-state index contributed by atoms with van der Waals surface area (Å²) in [7, 11) is 0. The smallest absolute Gasteiger partial charge is 0.431 e. The van der Waals surface area contributed by atoms with Gasteiger partial charge in [-0.15, -0.1) is 0 Å². The summed E-state index contributed by atoms with van der Waals surface area (Å²) < 4.78 is 39.7. The molecule has 0 spiro atoms. The first-order chi connectivity index (χ1) is 13.8. The van der Waals surface area contributed by atoms with E-state index >= 15 is 0 Å². The standard InChI is InChI=1S/C22H23F3N2O2/c1-15-19(14-20(28)29)27(26-21(15)22(23,24)25)18-12-10-17(11-13-18)9-5-8-16-6-3-2-4-7-16/h2-4,6-7,10-13,15,19H,5,8-9,14H2,1H3,(H,28,29). The topological polar surface area (TPSA) is 52.9 Å².